The summed E-state index contributed by atoms with van der Waals surface area (Å²) < 4.78 is 0. The normalized spacial score (nSPS) is 20.6. The molecule has 2 aromatic heterocycles. The standard InChI is InChI=1S/C13H16BrN3S/c1-9-6-11-12(15-8-16-13(11)18-9)17-5-3-2-4-10(17)7-14/h6,8,10H,2-5,7H2,1H3. The fourth-order valence-corrected chi connectivity index (χ4v) is 4.15. The third-order valence-electron chi connectivity index (χ3n) is 3.51. The Morgan fingerprint density at radius 2 is 2.33 bits per heavy atom. The van der Waals surface area contributed by atoms with Crippen molar-refractivity contribution in [3.8, 4) is 0 Å². The second-order valence-electron chi connectivity index (χ2n) is 4.77. The Bertz CT molecular complexity index is 554. The predicted molar refractivity (Wildman–Crippen MR) is 80.9 cm³/mol. The maximum atomic E-state index is 4.54. The van der Waals surface area contributed by atoms with Gasteiger partial charge in [0.15, 0.2) is 0 Å². The molecule has 3 nitrogen and oxygen atoms in total. The zero-order chi connectivity index (χ0) is 12.5. The molecule has 3 rings (SSSR count). The van der Waals surface area contributed by atoms with Gasteiger partial charge in [0.05, 0.1) is 5.39 Å². The van der Waals surface area contributed by atoms with Crippen LogP contribution in [0.25, 0.3) is 10.2 Å². The molecule has 5 heteroatoms. The van der Waals surface area contributed by atoms with Gasteiger partial charge in [-0.2, -0.15) is 0 Å². The SMILES string of the molecule is Cc1cc2c(N3CCCCC3CBr)ncnc2s1. The number of piperidine rings is 1. The van der Waals surface area contributed by atoms with Gasteiger partial charge < -0.3 is 4.90 Å². The highest BCUT2D eigenvalue weighted by atomic mass is 79.9. The van der Waals surface area contributed by atoms with Gasteiger partial charge in [-0.1, -0.05) is 15.9 Å². The van der Waals surface area contributed by atoms with Crippen LogP contribution < -0.4 is 4.90 Å². The number of anilines is 1. The van der Waals surface area contributed by atoms with Crippen molar-refractivity contribution in [3.05, 3.63) is 17.3 Å². The van der Waals surface area contributed by atoms with E-state index in [1.165, 1.54) is 29.5 Å². The molecule has 1 aliphatic heterocycles. The molecule has 0 spiro atoms. The summed E-state index contributed by atoms with van der Waals surface area (Å²) in [5, 5.41) is 2.23. The maximum absolute atomic E-state index is 4.54. The van der Waals surface area contributed by atoms with Crippen LogP contribution in [0.2, 0.25) is 0 Å². The molecule has 1 unspecified atom stereocenters. The lowest BCUT2D eigenvalue weighted by molar-refractivity contribution is 0.488. The molecule has 0 aromatic carbocycles. The van der Waals surface area contributed by atoms with Gasteiger partial charge >= 0.3 is 0 Å². The molecular weight excluding hydrogens is 310 g/mol. The van der Waals surface area contributed by atoms with Crippen LogP contribution in [-0.4, -0.2) is 27.9 Å². The molecule has 0 aliphatic carbocycles. The van der Waals surface area contributed by atoms with Crippen LogP contribution in [0, 0.1) is 6.92 Å². The van der Waals surface area contributed by atoms with Crippen LogP contribution in [0.15, 0.2) is 12.4 Å². The molecule has 1 aliphatic rings. The van der Waals surface area contributed by atoms with E-state index in [0.29, 0.717) is 6.04 Å². The van der Waals surface area contributed by atoms with E-state index in [1.807, 2.05) is 0 Å². The van der Waals surface area contributed by atoms with Crippen LogP contribution in [0.4, 0.5) is 5.82 Å². The van der Waals surface area contributed by atoms with Crippen LogP contribution in [-0.2, 0) is 0 Å². The van der Waals surface area contributed by atoms with Gasteiger partial charge in [0.1, 0.15) is 17.0 Å². The van der Waals surface area contributed by atoms with Crippen molar-refractivity contribution in [2.24, 2.45) is 0 Å². The van der Waals surface area contributed by atoms with Gasteiger partial charge in [-0.25, -0.2) is 9.97 Å². The molecule has 1 saturated heterocycles. The van der Waals surface area contributed by atoms with Crippen LogP contribution in [0.3, 0.4) is 0 Å². The van der Waals surface area contributed by atoms with Crippen molar-refractivity contribution in [1.82, 2.24) is 9.97 Å². The third kappa shape index (κ3) is 2.14. The molecule has 1 fully saturated rings. The quantitative estimate of drug-likeness (QED) is 0.787. The average Bonchev–Trinajstić information content (AvgIpc) is 2.78. The lowest BCUT2D eigenvalue weighted by Gasteiger charge is -2.35. The van der Waals surface area contributed by atoms with E-state index in [9.17, 15) is 0 Å². The minimum absolute atomic E-state index is 0.567. The second-order valence-corrected chi connectivity index (χ2v) is 6.65. The van der Waals surface area contributed by atoms with Crippen molar-refractivity contribution in [2.45, 2.75) is 32.2 Å². The van der Waals surface area contributed by atoms with Gasteiger partial charge in [-0.05, 0) is 32.3 Å². The molecule has 0 bridgehead atoms. The van der Waals surface area contributed by atoms with Crippen molar-refractivity contribution in [2.75, 3.05) is 16.8 Å². The minimum atomic E-state index is 0.567. The Kier molecular flexibility index (Phi) is 3.52. The number of hydrogen-bond donors (Lipinski definition) is 0. The van der Waals surface area contributed by atoms with Crippen LogP contribution in [0.1, 0.15) is 24.1 Å². The molecule has 96 valence electrons. The van der Waals surface area contributed by atoms with E-state index in [-0.39, 0.29) is 0 Å². The number of hydrogen-bond acceptors (Lipinski definition) is 4. The van der Waals surface area contributed by atoms with Crippen molar-refractivity contribution < 1.29 is 0 Å². The highest BCUT2D eigenvalue weighted by Crippen LogP contribution is 2.33. The largest absolute Gasteiger partial charge is 0.352 e. The van der Waals surface area contributed by atoms with Gasteiger partial charge in [0, 0.05) is 22.8 Å². The summed E-state index contributed by atoms with van der Waals surface area (Å²) in [5.74, 6) is 1.12. The predicted octanol–water partition coefficient (Wildman–Crippen LogP) is 3.75. The second kappa shape index (κ2) is 5.13. The Labute approximate surface area is 119 Å². The lowest BCUT2D eigenvalue weighted by Crippen LogP contribution is -2.41. The van der Waals surface area contributed by atoms with Gasteiger partial charge in [-0.15, -0.1) is 11.3 Å². The third-order valence-corrected chi connectivity index (χ3v) is 5.21. The molecule has 2 aromatic rings. The molecule has 0 saturated carbocycles. The molecule has 3 heterocycles. The van der Waals surface area contributed by atoms with E-state index in [1.54, 1.807) is 17.7 Å². The summed E-state index contributed by atoms with van der Waals surface area (Å²) in [6, 6.07) is 2.78. The lowest BCUT2D eigenvalue weighted by atomic mass is 10.0. The van der Waals surface area contributed by atoms with Crippen molar-refractivity contribution in [1.29, 1.82) is 0 Å². The molecule has 18 heavy (non-hydrogen) atoms. The highest BCUT2D eigenvalue weighted by molar-refractivity contribution is 9.09. The number of nitrogens with zero attached hydrogens (tertiary/aromatic N) is 3. The van der Waals surface area contributed by atoms with Gasteiger partial charge in [-0.3, -0.25) is 0 Å². The number of aryl methyl sites for hydroxylation is 1. The first-order valence-corrected chi connectivity index (χ1v) is 8.27. The zero-order valence-electron chi connectivity index (χ0n) is 10.4. The number of thiophene rings is 1. The Morgan fingerprint density at radius 3 is 3.17 bits per heavy atom. The molecule has 0 amide bonds. The first-order valence-electron chi connectivity index (χ1n) is 6.33. The molecular formula is C13H16BrN3S. The average molecular weight is 326 g/mol. The van der Waals surface area contributed by atoms with Crippen molar-refractivity contribution in [3.63, 3.8) is 0 Å². The smallest absolute Gasteiger partial charge is 0.141 e. The summed E-state index contributed by atoms with van der Waals surface area (Å²) in [7, 11) is 0. The zero-order valence-corrected chi connectivity index (χ0v) is 12.8. The Hall–Kier alpha value is -0.680. The Morgan fingerprint density at radius 1 is 1.44 bits per heavy atom. The van der Waals surface area contributed by atoms with E-state index < -0.39 is 0 Å². The number of aromatic nitrogens is 2. The Balaban J connectivity index is 2.06. The van der Waals surface area contributed by atoms with Gasteiger partial charge in [0.2, 0.25) is 0 Å². The number of alkyl halides is 1. The monoisotopic (exact) mass is 325 g/mol. The number of rotatable bonds is 2. The maximum Gasteiger partial charge on any atom is 0.141 e. The summed E-state index contributed by atoms with van der Waals surface area (Å²) in [4.78, 5) is 13.8. The number of halogens is 1. The first kappa shape index (κ1) is 12.4. The summed E-state index contributed by atoms with van der Waals surface area (Å²) >= 11 is 5.39. The minimum Gasteiger partial charge on any atom is -0.352 e. The van der Waals surface area contributed by atoms with E-state index in [2.05, 4.69) is 43.8 Å². The topological polar surface area (TPSA) is 29.0 Å². The molecule has 0 N–H and O–H groups in total. The van der Waals surface area contributed by atoms with E-state index >= 15 is 0 Å². The highest BCUT2D eigenvalue weighted by Gasteiger charge is 2.24. The number of fused-ring (bicyclic) bond motifs is 1. The first-order chi connectivity index (χ1) is 8.79. The summed E-state index contributed by atoms with van der Waals surface area (Å²) in [6.45, 7) is 3.24. The van der Waals surface area contributed by atoms with Crippen molar-refractivity contribution >= 4 is 43.3 Å². The summed E-state index contributed by atoms with van der Waals surface area (Å²) in [5.41, 5.74) is 0. The molecule has 0 radical (unpaired) electrons. The van der Waals surface area contributed by atoms with Crippen LogP contribution in [0.5, 0.6) is 0 Å². The fraction of sp³-hybridized carbons (Fsp3) is 0.538. The van der Waals surface area contributed by atoms with Gasteiger partial charge in [0.25, 0.3) is 0 Å². The molecule has 1 atom stereocenters. The van der Waals surface area contributed by atoms with E-state index in [4.69, 9.17) is 0 Å². The van der Waals surface area contributed by atoms with E-state index in [0.717, 1.165) is 22.5 Å². The van der Waals surface area contributed by atoms with Crippen LogP contribution >= 0.6 is 27.3 Å². The summed E-state index contributed by atoms with van der Waals surface area (Å²) in [6.07, 6.45) is 5.54. The fourth-order valence-electron chi connectivity index (χ4n) is 2.63.